The van der Waals surface area contributed by atoms with Gasteiger partial charge in [0.2, 0.25) is 5.91 Å². The van der Waals surface area contributed by atoms with Crippen LogP contribution in [0.4, 0.5) is 0 Å². The summed E-state index contributed by atoms with van der Waals surface area (Å²) in [7, 11) is 1.98. The zero-order valence-corrected chi connectivity index (χ0v) is 10.5. The number of primary amides is 1. The first-order valence-corrected chi connectivity index (χ1v) is 6.27. The summed E-state index contributed by atoms with van der Waals surface area (Å²) in [6.45, 7) is 3.29. The second kappa shape index (κ2) is 6.21. The van der Waals surface area contributed by atoms with E-state index in [4.69, 9.17) is 11.5 Å². The van der Waals surface area contributed by atoms with Gasteiger partial charge >= 0.3 is 0 Å². The molecular weight excluding hydrogens is 202 g/mol. The number of rotatable bonds is 5. The lowest BCUT2D eigenvalue weighted by atomic mass is 9.76. The van der Waals surface area contributed by atoms with Crippen molar-refractivity contribution >= 4 is 5.91 Å². The van der Waals surface area contributed by atoms with Gasteiger partial charge in [-0.25, -0.2) is 0 Å². The number of carbonyl (C=O) groups excluding carboxylic acids is 1. The second-order valence-electron chi connectivity index (χ2n) is 5.03. The van der Waals surface area contributed by atoms with Crippen molar-refractivity contribution in [1.82, 2.24) is 4.90 Å². The molecule has 0 aromatic carbocycles. The fourth-order valence-electron chi connectivity index (χ4n) is 2.84. The number of likely N-dealkylation sites (N-methyl/N-ethyl adjacent to an activating group) is 1. The quantitative estimate of drug-likeness (QED) is 0.720. The van der Waals surface area contributed by atoms with Gasteiger partial charge in [-0.1, -0.05) is 19.8 Å². The summed E-state index contributed by atoms with van der Waals surface area (Å²) < 4.78 is 0. The third-order valence-corrected chi connectivity index (χ3v) is 3.92. The molecule has 0 saturated heterocycles. The molecular formula is C12H25N3O. The van der Waals surface area contributed by atoms with Crippen molar-refractivity contribution in [3.8, 4) is 0 Å². The van der Waals surface area contributed by atoms with Gasteiger partial charge in [-0.3, -0.25) is 9.69 Å². The van der Waals surface area contributed by atoms with Crippen LogP contribution in [0, 0.1) is 11.8 Å². The Morgan fingerprint density at radius 3 is 2.62 bits per heavy atom. The van der Waals surface area contributed by atoms with E-state index in [-0.39, 0.29) is 5.91 Å². The van der Waals surface area contributed by atoms with Crippen molar-refractivity contribution in [3.63, 3.8) is 0 Å². The molecule has 0 spiro atoms. The van der Waals surface area contributed by atoms with Crippen LogP contribution in [0.1, 0.15) is 32.6 Å². The molecule has 1 rings (SSSR count). The normalized spacial score (nSPS) is 30.6. The molecule has 94 valence electrons. The largest absolute Gasteiger partial charge is 0.369 e. The second-order valence-corrected chi connectivity index (χ2v) is 5.03. The Balaban J connectivity index is 2.59. The molecule has 0 bridgehead atoms. The first kappa shape index (κ1) is 13.5. The average molecular weight is 227 g/mol. The number of hydrogen-bond acceptors (Lipinski definition) is 3. The molecule has 0 heterocycles. The van der Waals surface area contributed by atoms with Gasteiger partial charge in [0, 0.05) is 6.04 Å². The predicted octanol–water partition coefficient (Wildman–Crippen LogP) is 0.557. The van der Waals surface area contributed by atoms with E-state index < -0.39 is 0 Å². The minimum atomic E-state index is -0.253. The number of hydrogen-bond donors (Lipinski definition) is 2. The van der Waals surface area contributed by atoms with E-state index in [0.29, 0.717) is 25.0 Å². The maximum atomic E-state index is 10.9. The maximum Gasteiger partial charge on any atom is 0.231 e. The Hall–Kier alpha value is -0.610. The van der Waals surface area contributed by atoms with Crippen LogP contribution in [-0.4, -0.2) is 37.0 Å². The van der Waals surface area contributed by atoms with Crippen LogP contribution in [0.3, 0.4) is 0 Å². The third-order valence-electron chi connectivity index (χ3n) is 3.92. The van der Waals surface area contributed by atoms with Crippen molar-refractivity contribution in [3.05, 3.63) is 0 Å². The van der Waals surface area contributed by atoms with E-state index in [2.05, 4.69) is 11.8 Å². The van der Waals surface area contributed by atoms with Gasteiger partial charge in [-0.2, -0.15) is 0 Å². The molecule has 0 aromatic rings. The Bertz CT molecular complexity index is 232. The standard InChI is InChI=1S/C12H25N3O/c1-3-9-4-5-10(7-13)11(6-9)15(2)8-12(14)16/h9-11H,3-8,13H2,1-2H3,(H2,14,16). The lowest BCUT2D eigenvalue weighted by Crippen LogP contribution is -2.47. The van der Waals surface area contributed by atoms with E-state index in [0.717, 1.165) is 12.3 Å². The van der Waals surface area contributed by atoms with Crippen molar-refractivity contribution in [2.75, 3.05) is 20.1 Å². The summed E-state index contributed by atoms with van der Waals surface area (Å²) in [5.41, 5.74) is 11.0. The van der Waals surface area contributed by atoms with Gasteiger partial charge in [0.25, 0.3) is 0 Å². The summed E-state index contributed by atoms with van der Waals surface area (Å²) in [4.78, 5) is 13.0. The number of amides is 1. The highest BCUT2D eigenvalue weighted by atomic mass is 16.1. The number of carbonyl (C=O) groups is 1. The SMILES string of the molecule is CCC1CCC(CN)C(N(C)CC(N)=O)C1. The molecule has 3 unspecified atom stereocenters. The molecule has 0 aromatic heterocycles. The van der Waals surface area contributed by atoms with Gasteiger partial charge in [-0.15, -0.1) is 0 Å². The van der Waals surface area contributed by atoms with Gasteiger partial charge < -0.3 is 11.5 Å². The number of nitrogens with two attached hydrogens (primary N) is 2. The lowest BCUT2D eigenvalue weighted by Gasteiger charge is -2.40. The van der Waals surface area contributed by atoms with Crippen LogP contribution in [0.5, 0.6) is 0 Å². The van der Waals surface area contributed by atoms with Crippen molar-refractivity contribution < 1.29 is 4.79 Å². The molecule has 0 aliphatic heterocycles. The molecule has 1 aliphatic rings. The molecule has 1 fully saturated rings. The summed E-state index contributed by atoms with van der Waals surface area (Å²) >= 11 is 0. The van der Waals surface area contributed by atoms with E-state index in [1.165, 1.54) is 19.3 Å². The first-order chi connectivity index (χ1) is 7.58. The van der Waals surface area contributed by atoms with Crippen LogP contribution in [0.25, 0.3) is 0 Å². The van der Waals surface area contributed by atoms with Gasteiger partial charge in [0.05, 0.1) is 6.54 Å². The third kappa shape index (κ3) is 3.46. The highest BCUT2D eigenvalue weighted by Crippen LogP contribution is 2.32. The van der Waals surface area contributed by atoms with Crippen LogP contribution < -0.4 is 11.5 Å². The fraction of sp³-hybridized carbons (Fsp3) is 0.917. The molecule has 1 saturated carbocycles. The highest BCUT2D eigenvalue weighted by molar-refractivity contribution is 5.75. The summed E-state index contributed by atoms with van der Waals surface area (Å²) in [6, 6.07) is 0.427. The van der Waals surface area contributed by atoms with E-state index in [1.807, 2.05) is 7.05 Å². The monoisotopic (exact) mass is 227 g/mol. The molecule has 4 heteroatoms. The molecule has 3 atom stereocenters. The Kier molecular flexibility index (Phi) is 5.22. The van der Waals surface area contributed by atoms with E-state index in [9.17, 15) is 4.79 Å². The Labute approximate surface area is 98.3 Å². The van der Waals surface area contributed by atoms with Gasteiger partial charge in [0.15, 0.2) is 0 Å². The van der Waals surface area contributed by atoms with Crippen LogP contribution in [0.2, 0.25) is 0 Å². The van der Waals surface area contributed by atoms with E-state index >= 15 is 0 Å². The van der Waals surface area contributed by atoms with Crippen molar-refractivity contribution in [1.29, 1.82) is 0 Å². The smallest absolute Gasteiger partial charge is 0.231 e. The molecule has 1 amide bonds. The van der Waals surface area contributed by atoms with Gasteiger partial charge in [-0.05, 0) is 38.3 Å². The summed E-state index contributed by atoms with van der Waals surface area (Å²) in [5, 5.41) is 0. The van der Waals surface area contributed by atoms with Crippen LogP contribution in [-0.2, 0) is 4.79 Å². The molecule has 16 heavy (non-hydrogen) atoms. The zero-order valence-electron chi connectivity index (χ0n) is 10.5. The molecule has 4 nitrogen and oxygen atoms in total. The van der Waals surface area contributed by atoms with Crippen LogP contribution in [0.15, 0.2) is 0 Å². The van der Waals surface area contributed by atoms with Crippen molar-refractivity contribution in [2.24, 2.45) is 23.3 Å². The Morgan fingerprint density at radius 2 is 2.12 bits per heavy atom. The number of nitrogens with zero attached hydrogens (tertiary/aromatic N) is 1. The summed E-state index contributed by atoms with van der Waals surface area (Å²) in [5.74, 6) is 1.05. The predicted molar refractivity (Wildman–Crippen MR) is 65.8 cm³/mol. The minimum absolute atomic E-state index is 0.253. The highest BCUT2D eigenvalue weighted by Gasteiger charge is 2.31. The first-order valence-electron chi connectivity index (χ1n) is 6.27. The molecule has 4 N–H and O–H groups in total. The fourth-order valence-corrected chi connectivity index (χ4v) is 2.84. The lowest BCUT2D eigenvalue weighted by molar-refractivity contribution is -0.119. The molecule has 0 radical (unpaired) electrons. The summed E-state index contributed by atoms with van der Waals surface area (Å²) in [6.07, 6.45) is 4.84. The Morgan fingerprint density at radius 1 is 1.44 bits per heavy atom. The van der Waals surface area contributed by atoms with Crippen molar-refractivity contribution in [2.45, 2.75) is 38.6 Å². The van der Waals surface area contributed by atoms with E-state index in [1.54, 1.807) is 0 Å². The maximum absolute atomic E-state index is 10.9. The zero-order chi connectivity index (χ0) is 12.1. The molecule has 1 aliphatic carbocycles. The topological polar surface area (TPSA) is 72.3 Å². The minimum Gasteiger partial charge on any atom is -0.369 e. The van der Waals surface area contributed by atoms with Crippen LogP contribution >= 0.6 is 0 Å². The average Bonchev–Trinajstić information content (AvgIpc) is 2.27. The van der Waals surface area contributed by atoms with Gasteiger partial charge in [0.1, 0.15) is 0 Å².